The summed E-state index contributed by atoms with van der Waals surface area (Å²) in [5.41, 5.74) is 6.76. The quantitative estimate of drug-likeness (QED) is 0.851. The lowest BCUT2D eigenvalue weighted by atomic mass is 10.1. The molecule has 0 unspecified atom stereocenters. The van der Waals surface area contributed by atoms with Crippen LogP contribution in [0.1, 0.15) is 12.5 Å². The van der Waals surface area contributed by atoms with Gasteiger partial charge in [0.15, 0.2) is 0 Å². The second kappa shape index (κ2) is 6.15. The fraction of sp³-hybridized carbons (Fsp3) is 0.286. The lowest BCUT2D eigenvalue weighted by molar-refractivity contribution is -0.117. The van der Waals surface area contributed by atoms with Crippen LogP contribution in [0, 0.1) is 0 Å². The summed E-state index contributed by atoms with van der Waals surface area (Å²) >= 11 is 0. The number of hydrogen-bond donors (Lipinski definition) is 2. The second-order valence-electron chi connectivity index (χ2n) is 4.45. The summed E-state index contributed by atoms with van der Waals surface area (Å²) < 4.78 is 1.77. The average Bonchev–Trinajstić information content (AvgIpc) is 2.85. The number of carbonyl (C=O) groups excluding carboxylic acids is 1. The fourth-order valence-electron chi connectivity index (χ4n) is 1.74. The summed E-state index contributed by atoms with van der Waals surface area (Å²) in [4.78, 5) is 11.6. The standard InChI is InChI=1S/C14H18N4O/c1-11(15)14(19)17-13-7-9-16-18(13)10-8-12-5-3-2-4-6-12/h2-7,9,11H,8,10,15H2,1H3,(H,17,19)/t11-/m0/s1. The normalized spacial score (nSPS) is 12.1. The van der Waals surface area contributed by atoms with Crippen molar-refractivity contribution in [1.29, 1.82) is 0 Å². The first-order chi connectivity index (χ1) is 9.16. The molecule has 0 aliphatic carbocycles. The van der Waals surface area contributed by atoms with Crippen molar-refractivity contribution in [3.8, 4) is 0 Å². The van der Waals surface area contributed by atoms with Gasteiger partial charge in [0.1, 0.15) is 5.82 Å². The molecule has 0 bridgehead atoms. The molecule has 100 valence electrons. The number of aromatic nitrogens is 2. The van der Waals surface area contributed by atoms with Gasteiger partial charge in [0, 0.05) is 12.6 Å². The minimum atomic E-state index is -0.530. The van der Waals surface area contributed by atoms with Crippen LogP contribution in [-0.4, -0.2) is 21.7 Å². The molecular weight excluding hydrogens is 240 g/mol. The molecule has 2 rings (SSSR count). The number of anilines is 1. The Balaban J connectivity index is 1.98. The van der Waals surface area contributed by atoms with Crippen molar-refractivity contribution in [2.75, 3.05) is 5.32 Å². The molecule has 19 heavy (non-hydrogen) atoms. The number of nitrogens with zero attached hydrogens (tertiary/aromatic N) is 2. The predicted molar refractivity (Wildman–Crippen MR) is 74.7 cm³/mol. The Bertz CT molecular complexity index is 533. The van der Waals surface area contributed by atoms with Gasteiger partial charge < -0.3 is 11.1 Å². The van der Waals surface area contributed by atoms with Crippen LogP contribution >= 0.6 is 0 Å². The van der Waals surface area contributed by atoms with Gasteiger partial charge in [-0.3, -0.25) is 4.79 Å². The van der Waals surface area contributed by atoms with E-state index in [1.165, 1.54) is 5.56 Å². The van der Waals surface area contributed by atoms with Gasteiger partial charge in [-0.25, -0.2) is 4.68 Å². The second-order valence-corrected chi connectivity index (χ2v) is 4.45. The zero-order chi connectivity index (χ0) is 13.7. The first-order valence-electron chi connectivity index (χ1n) is 6.29. The van der Waals surface area contributed by atoms with Crippen LogP contribution in [0.4, 0.5) is 5.82 Å². The van der Waals surface area contributed by atoms with Crippen molar-refractivity contribution < 1.29 is 4.79 Å². The summed E-state index contributed by atoms with van der Waals surface area (Å²) in [6.45, 7) is 2.37. The molecule has 0 spiro atoms. The number of hydrogen-bond acceptors (Lipinski definition) is 3. The molecule has 0 radical (unpaired) electrons. The van der Waals surface area contributed by atoms with Gasteiger partial charge in [-0.1, -0.05) is 30.3 Å². The Hall–Kier alpha value is -2.14. The maximum atomic E-state index is 11.6. The maximum Gasteiger partial charge on any atom is 0.242 e. The topological polar surface area (TPSA) is 72.9 Å². The summed E-state index contributed by atoms with van der Waals surface area (Å²) in [6, 6.07) is 11.4. The van der Waals surface area contributed by atoms with E-state index in [4.69, 9.17) is 5.73 Å². The number of nitrogens with two attached hydrogens (primary N) is 1. The molecule has 1 atom stereocenters. The van der Waals surface area contributed by atoms with E-state index >= 15 is 0 Å². The van der Waals surface area contributed by atoms with E-state index in [0.29, 0.717) is 12.4 Å². The van der Waals surface area contributed by atoms with E-state index in [2.05, 4.69) is 22.5 Å². The van der Waals surface area contributed by atoms with Crippen molar-refractivity contribution >= 4 is 11.7 Å². The van der Waals surface area contributed by atoms with E-state index in [9.17, 15) is 4.79 Å². The lowest BCUT2D eigenvalue weighted by Crippen LogP contribution is -2.33. The molecule has 5 heteroatoms. The third-order valence-electron chi connectivity index (χ3n) is 2.84. The van der Waals surface area contributed by atoms with Crippen LogP contribution in [0.2, 0.25) is 0 Å². The van der Waals surface area contributed by atoms with Crippen molar-refractivity contribution in [3.05, 3.63) is 48.2 Å². The van der Waals surface area contributed by atoms with Gasteiger partial charge >= 0.3 is 0 Å². The van der Waals surface area contributed by atoms with Crippen molar-refractivity contribution in [1.82, 2.24) is 9.78 Å². The zero-order valence-corrected chi connectivity index (χ0v) is 10.9. The highest BCUT2D eigenvalue weighted by atomic mass is 16.2. The van der Waals surface area contributed by atoms with Gasteiger partial charge in [0.25, 0.3) is 0 Å². The third-order valence-corrected chi connectivity index (χ3v) is 2.84. The van der Waals surface area contributed by atoms with Crippen molar-refractivity contribution in [2.24, 2.45) is 5.73 Å². The number of aryl methyl sites for hydroxylation is 2. The van der Waals surface area contributed by atoms with Crippen molar-refractivity contribution in [3.63, 3.8) is 0 Å². The molecule has 0 saturated carbocycles. The zero-order valence-electron chi connectivity index (χ0n) is 10.9. The summed E-state index contributed by atoms with van der Waals surface area (Å²) in [6.07, 6.45) is 2.53. The molecule has 5 nitrogen and oxygen atoms in total. The van der Waals surface area contributed by atoms with Crippen molar-refractivity contribution in [2.45, 2.75) is 25.9 Å². The van der Waals surface area contributed by atoms with E-state index in [1.807, 2.05) is 18.2 Å². The lowest BCUT2D eigenvalue weighted by Gasteiger charge is -2.10. The molecular formula is C14H18N4O. The van der Waals surface area contributed by atoms with E-state index < -0.39 is 6.04 Å². The molecule has 0 aliphatic heterocycles. The summed E-state index contributed by atoms with van der Waals surface area (Å²) in [5.74, 6) is 0.472. The van der Waals surface area contributed by atoms with Crippen LogP contribution in [0.25, 0.3) is 0 Å². The van der Waals surface area contributed by atoms with Gasteiger partial charge in [-0.2, -0.15) is 5.10 Å². The van der Waals surface area contributed by atoms with Gasteiger partial charge in [-0.15, -0.1) is 0 Å². The smallest absolute Gasteiger partial charge is 0.242 e. The molecule has 1 aromatic heterocycles. The minimum Gasteiger partial charge on any atom is -0.320 e. The molecule has 2 aromatic rings. The first-order valence-corrected chi connectivity index (χ1v) is 6.29. The fourth-order valence-corrected chi connectivity index (χ4v) is 1.74. The highest BCUT2D eigenvalue weighted by Crippen LogP contribution is 2.09. The number of nitrogens with one attached hydrogen (secondary N) is 1. The van der Waals surface area contributed by atoms with Gasteiger partial charge in [0.2, 0.25) is 5.91 Å². The van der Waals surface area contributed by atoms with Crippen LogP contribution in [0.5, 0.6) is 0 Å². The molecule has 1 amide bonds. The Morgan fingerprint density at radius 1 is 1.37 bits per heavy atom. The summed E-state index contributed by atoms with van der Waals surface area (Å²) in [5, 5.41) is 6.97. The van der Waals surface area contributed by atoms with Gasteiger partial charge in [-0.05, 0) is 18.9 Å². The molecule has 3 N–H and O–H groups in total. The molecule has 0 aliphatic rings. The van der Waals surface area contributed by atoms with Gasteiger partial charge in [0.05, 0.1) is 12.2 Å². The largest absolute Gasteiger partial charge is 0.320 e. The summed E-state index contributed by atoms with van der Waals surface area (Å²) in [7, 11) is 0. The SMILES string of the molecule is C[C@H](N)C(=O)Nc1ccnn1CCc1ccccc1. The molecule has 1 aromatic carbocycles. The van der Waals surface area contributed by atoms with E-state index in [1.54, 1.807) is 23.9 Å². The van der Waals surface area contributed by atoms with E-state index in [0.717, 1.165) is 6.42 Å². The monoisotopic (exact) mass is 258 g/mol. The molecule has 1 heterocycles. The number of benzene rings is 1. The number of amides is 1. The Labute approximate surface area is 112 Å². The first kappa shape index (κ1) is 13.3. The Morgan fingerprint density at radius 2 is 2.11 bits per heavy atom. The average molecular weight is 258 g/mol. The highest BCUT2D eigenvalue weighted by molar-refractivity contribution is 5.93. The van der Waals surface area contributed by atoms with Crippen LogP contribution in [0.3, 0.4) is 0 Å². The minimum absolute atomic E-state index is 0.207. The predicted octanol–water partition coefficient (Wildman–Crippen LogP) is 1.41. The molecule has 0 fully saturated rings. The number of rotatable bonds is 5. The van der Waals surface area contributed by atoms with E-state index in [-0.39, 0.29) is 5.91 Å². The third kappa shape index (κ3) is 3.66. The Morgan fingerprint density at radius 3 is 2.79 bits per heavy atom. The maximum absolute atomic E-state index is 11.6. The van der Waals surface area contributed by atoms with Crippen LogP contribution in [0.15, 0.2) is 42.6 Å². The Kier molecular flexibility index (Phi) is 4.30. The van der Waals surface area contributed by atoms with Crippen LogP contribution < -0.4 is 11.1 Å². The number of carbonyl (C=O) groups is 1. The van der Waals surface area contributed by atoms with Crippen LogP contribution in [-0.2, 0) is 17.8 Å². The highest BCUT2D eigenvalue weighted by Gasteiger charge is 2.10. The molecule has 0 saturated heterocycles.